The van der Waals surface area contributed by atoms with Gasteiger partial charge in [0.1, 0.15) is 0 Å². The van der Waals surface area contributed by atoms with E-state index in [9.17, 15) is 9.59 Å². The molecule has 0 aliphatic carbocycles. The van der Waals surface area contributed by atoms with Gasteiger partial charge >= 0.3 is 0 Å². The average Bonchev–Trinajstić information content (AvgIpc) is 2.96. The van der Waals surface area contributed by atoms with Crippen LogP contribution in [0.15, 0.2) is 36.4 Å². The maximum absolute atomic E-state index is 12.6. The Bertz CT molecular complexity index is 851. The summed E-state index contributed by atoms with van der Waals surface area (Å²) in [6.07, 6.45) is 0.152. The lowest BCUT2D eigenvalue weighted by Crippen LogP contribution is -2.28. The van der Waals surface area contributed by atoms with Gasteiger partial charge in [0.05, 0.1) is 21.7 Å². The first-order valence-electron chi connectivity index (χ1n) is 8.00. The number of nitrogens with one attached hydrogen (secondary N) is 1. The van der Waals surface area contributed by atoms with Crippen molar-refractivity contribution in [1.82, 2.24) is 0 Å². The maximum atomic E-state index is 12.6. The summed E-state index contributed by atoms with van der Waals surface area (Å²) in [6, 6.07) is 10.9. The number of hydrogen-bond acceptors (Lipinski definition) is 2. The molecule has 1 heterocycles. The van der Waals surface area contributed by atoms with Crippen LogP contribution in [0.4, 0.5) is 11.4 Å². The molecule has 0 unspecified atom stereocenters. The minimum absolute atomic E-state index is 0.134. The number of benzene rings is 2. The van der Waals surface area contributed by atoms with Crippen LogP contribution in [0.5, 0.6) is 0 Å². The van der Waals surface area contributed by atoms with Gasteiger partial charge in [-0.3, -0.25) is 9.59 Å². The molecule has 2 aromatic rings. The third-order valence-electron chi connectivity index (χ3n) is 4.58. The predicted molar refractivity (Wildman–Crippen MR) is 101 cm³/mol. The highest BCUT2D eigenvalue weighted by Gasteiger charge is 2.36. The van der Waals surface area contributed by atoms with E-state index in [1.807, 2.05) is 32.0 Å². The second-order valence-electron chi connectivity index (χ2n) is 6.22. The van der Waals surface area contributed by atoms with Crippen molar-refractivity contribution in [2.24, 2.45) is 5.92 Å². The molecule has 1 fully saturated rings. The van der Waals surface area contributed by atoms with Crippen molar-refractivity contribution < 1.29 is 9.59 Å². The minimum Gasteiger partial charge on any atom is -0.326 e. The van der Waals surface area contributed by atoms with E-state index in [2.05, 4.69) is 5.32 Å². The second kappa shape index (κ2) is 7.06. The number of aryl methyl sites for hydroxylation is 1. The molecule has 6 heteroatoms. The van der Waals surface area contributed by atoms with E-state index in [0.29, 0.717) is 15.7 Å². The molecule has 0 bridgehead atoms. The number of halogens is 2. The lowest BCUT2D eigenvalue weighted by Gasteiger charge is -2.19. The molecule has 2 aromatic carbocycles. The Balaban J connectivity index is 1.77. The number of carbonyl (C=O) groups is 2. The van der Waals surface area contributed by atoms with Crippen molar-refractivity contribution in [3.05, 3.63) is 57.6 Å². The molecular formula is C19H18Cl2N2O2. The number of nitrogens with zero attached hydrogens (tertiary/aromatic N) is 1. The Morgan fingerprint density at radius 2 is 1.88 bits per heavy atom. The van der Waals surface area contributed by atoms with Crippen molar-refractivity contribution in [3.63, 3.8) is 0 Å². The van der Waals surface area contributed by atoms with Gasteiger partial charge in [0.15, 0.2) is 0 Å². The van der Waals surface area contributed by atoms with Gasteiger partial charge < -0.3 is 10.2 Å². The summed E-state index contributed by atoms with van der Waals surface area (Å²) in [7, 11) is 0. The van der Waals surface area contributed by atoms with Crippen molar-refractivity contribution in [2.45, 2.75) is 20.3 Å². The normalized spacial score (nSPS) is 17.0. The van der Waals surface area contributed by atoms with E-state index in [0.717, 1.165) is 16.8 Å². The summed E-state index contributed by atoms with van der Waals surface area (Å²) >= 11 is 12.2. The molecule has 2 amide bonds. The monoisotopic (exact) mass is 376 g/mol. The van der Waals surface area contributed by atoms with E-state index in [1.165, 1.54) is 4.90 Å². The van der Waals surface area contributed by atoms with Crippen LogP contribution in [0.1, 0.15) is 17.5 Å². The first kappa shape index (κ1) is 17.8. The summed E-state index contributed by atoms with van der Waals surface area (Å²) in [5.41, 5.74) is 3.44. The molecule has 1 N–H and O–H groups in total. The van der Waals surface area contributed by atoms with Gasteiger partial charge in [-0.25, -0.2) is 0 Å². The minimum atomic E-state index is -0.428. The molecule has 4 nitrogen and oxygen atoms in total. The third kappa shape index (κ3) is 3.51. The second-order valence-corrected chi connectivity index (χ2v) is 7.00. The SMILES string of the molecule is Cc1cccc(NC(=O)[C@H]2CC(=O)N(c3cccc(Cl)c3Cl)C2)c1C. The summed E-state index contributed by atoms with van der Waals surface area (Å²) < 4.78 is 0. The molecule has 3 rings (SSSR count). The standard InChI is InChI=1S/C19H18Cl2N2O2/c1-11-5-3-7-15(12(11)2)22-19(25)13-9-17(24)23(10-13)16-8-4-6-14(20)18(16)21/h3-8,13H,9-10H2,1-2H3,(H,22,25)/t13-/m0/s1. The molecule has 0 saturated carbocycles. The molecule has 1 atom stereocenters. The zero-order chi connectivity index (χ0) is 18.1. The highest BCUT2D eigenvalue weighted by Crippen LogP contribution is 2.36. The molecule has 0 radical (unpaired) electrons. The highest BCUT2D eigenvalue weighted by atomic mass is 35.5. The van der Waals surface area contributed by atoms with Gasteiger partial charge in [0, 0.05) is 18.7 Å². The van der Waals surface area contributed by atoms with Gasteiger partial charge in [-0.1, -0.05) is 41.4 Å². The van der Waals surface area contributed by atoms with Crippen LogP contribution in [-0.4, -0.2) is 18.4 Å². The highest BCUT2D eigenvalue weighted by molar-refractivity contribution is 6.44. The molecule has 1 saturated heterocycles. The van der Waals surface area contributed by atoms with Crippen LogP contribution < -0.4 is 10.2 Å². The molecule has 1 aliphatic heterocycles. The molecule has 1 aliphatic rings. The first-order valence-corrected chi connectivity index (χ1v) is 8.75. The van der Waals surface area contributed by atoms with Crippen molar-refractivity contribution in [3.8, 4) is 0 Å². The summed E-state index contributed by atoms with van der Waals surface area (Å²) in [6.45, 7) is 4.24. The van der Waals surface area contributed by atoms with Crippen LogP contribution >= 0.6 is 23.2 Å². The summed E-state index contributed by atoms with van der Waals surface area (Å²) in [5.74, 6) is -0.726. The number of anilines is 2. The van der Waals surface area contributed by atoms with Gasteiger partial charge in [-0.15, -0.1) is 0 Å². The fourth-order valence-corrected chi connectivity index (χ4v) is 3.34. The summed E-state index contributed by atoms with van der Waals surface area (Å²) in [5, 5.41) is 3.65. The van der Waals surface area contributed by atoms with E-state index < -0.39 is 5.92 Å². The van der Waals surface area contributed by atoms with Crippen molar-refractivity contribution in [1.29, 1.82) is 0 Å². The maximum Gasteiger partial charge on any atom is 0.229 e. The number of rotatable bonds is 3. The molecule has 0 aromatic heterocycles. The number of amides is 2. The summed E-state index contributed by atoms with van der Waals surface area (Å²) in [4.78, 5) is 26.5. The fourth-order valence-electron chi connectivity index (χ4n) is 2.94. The van der Waals surface area contributed by atoms with Crippen LogP contribution in [0.3, 0.4) is 0 Å². The Kier molecular flexibility index (Phi) is 5.02. The lowest BCUT2D eigenvalue weighted by molar-refractivity contribution is -0.122. The largest absolute Gasteiger partial charge is 0.326 e. The van der Waals surface area contributed by atoms with Crippen molar-refractivity contribution in [2.75, 3.05) is 16.8 Å². The van der Waals surface area contributed by atoms with E-state index in [4.69, 9.17) is 23.2 Å². The zero-order valence-electron chi connectivity index (χ0n) is 14.0. The van der Waals surface area contributed by atoms with E-state index >= 15 is 0 Å². The smallest absolute Gasteiger partial charge is 0.229 e. The Hall–Kier alpha value is -2.04. The van der Waals surface area contributed by atoms with Gasteiger partial charge in [-0.2, -0.15) is 0 Å². The lowest BCUT2D eigenvalue weighted by atomic mass is 10.1. The van der Waals surface area contributed by atoms with Gasteiger partial charge in [-0.05, 0) is 43.2 Å². The Morgan fingerprint density at radius 3 is 2.64 bits per heavy atom. The van der Waals surface area contributed by atoms with Gasteiger partial charge in [0.2, 0.25) is 11.8 Å². The van der Waals surface area contributed by atoms with Gasteiger partial charge in [0.25, 0.3) is 0 Å². The molecular weight excluding hydrogens is 359 g/mol. The zero-order valence-corrected chi connectivity index (χ0v) is 15.5. The fraction of sp³-hybridized carbons (Fsp3) is 0.263. The van der Waals surface area contributed by atoms with Crippen LogP contribution in [0.25, 0.3) is 0 Å². The first-order chi connectivity index (χ1) is 11.9. The number of hydrogen-bond donors (Lipinski definition) is 1. The van der Waals surface area contributed by atoms with E-state index in [1.54, 1.807) is 18.2 Å². The van der Waals surface area contributed by atoms with Crippen LogP contribution in [-0.2, 0) is 9.59 Å². The van der Waals surface area contributed by atoms with Crippen molar-refractivity contribution >= 4 is 46.4 Å². The topological polar surface area (TPSA) is 49.4 Å². The number of carbonyl (C=O) groups excluding carboxylic acids is 2. The Labute approximate surface area is 156 Å². The van der Waals surface area contributed by atoms with E-state index in [-0.39, 0.29) is 24.8 Å². The Morgan fingerprint density at radius 1 is 1.16 bits per heavy atom. The average molecular weight is 377 g/mol. The molecule has 0 spiro atoms. The van der Waals surface area contributed by atoms with Crippen LogP contribution in [0, 0.1) is 19.8 Å². The molecule has 25 heavy (non-hydrogen) atoms. The van der Waals surface area contributed by atoms with Crippen LogP contribution in [0.2, 0.25) is 10.0 Å². The predicted octanol–water partition coefficient (Wildman–Crippen LogP) is 4.60. The molecule has 130 valence electrons. The third-order valence-corrected chi connectivity index (χ3v) is 5.39. The quantitative estimate of drug-likeness (QED) is 0.850.